The van der Waals surface area contributed by atoms with E-state index in [4.69, 9.17) is 9.47 Å². The Hall–Kier alpha value is -2.71. The van der Waals surface area contributed by atoms with Crippen LogP contribution in [0.25, 0.3) is 0 Å². The predicted molar refractivity (Wildman–Crippen MR) is 88.9 cm³/mol. The molecule has 0 N–H and O–H groups in total. The third kappa shape index (κ3) is 4.07. The normalized spacial score (nSPS) is 12.1. The zero-order chi connectivity index (χ0) is 21.4. The Morgan fingerprint density at radius 3 is 1.29 bits per heavy atom. The van der Waals surface area contributed by atoms with Gasteiger partial charge in [-0.05, 0) is 49.2 Å². The lowest BCUT2D eigenvalue weighted by Gasteiger charge is -2.18. The SMILES string of the molecule is COc1cc(C(=O)c2cc(OC)cc(C(F)(F)F)c2C)c(C)c(C(F)(F)F)c1. The molecule has 9 heteroatoms. The fourth-order valence-electron chi connectivity index (χ4n) is 2.82. The maximum atomic E-state index is 13.3. The van der Waals surface area contributed by atoms with Crippen LogP contribution < -0.4 is 9.47 Å². The van der Waals surface area contributed by atoms with Gasteiger partial charge in [0.05, 0.1) is 25.3 Å². The molecule has 0 radical (unpaired) electrons. The van der Waals surface area contributed by atoms with Gasteiger partial charge in [0.15, 0.2) is 5.78 Å². The molecular weight excluding hydrogens is 390 g/mol. The molecule has 0 aromatic heterocycles. The summed E-state index contributed by atoms with van der Waals surface area (Å²) in [5.74, 6) is -1.47. The molecule has 0 saturated carbocycles. The fourth-order valence-corrected chi connectivity index (χ4v) is 2.82. The molecule has 0 spiro atoms. The summed E-state index contributed by atoms with van der Waals surface area (Å²) < 4.78 is 89.4. The Kier molecular flexibility index (Phi) is 5.68. The maximum Gasteiger partial charge on any atom is 0.416 e. The molecule has 3 nitrogen and oxygen atoms in total. The van der Waals surface area contributed by atoms with Gasteiger partial charge in [0, 0.05) is 11.1 Å². The minimum atomic E-state index is -4.77. The van der Waals surface area contributed by atoms with Gasteiger partial charge in [-0.15, -0.1) is 0 Å². The van der Waals surface area contributed by atoms with Crippen molar-refractivity contribution in [3.05, 3.63) is 57.6 Å². The van der Waals surface area contributed by atoms with Gasteiger partial charge in [0.25, 0.3) is 0 Å². The first kappa shape index (κ1) is 21.6. The molecule has 0 aliphatic rings. The molecule has 0 saturated heterocycles. The van der Waals surface area contributed by atoms with E-state index in [2.05, 4.69) is 0 Å². The molecule has 0 bridgehead atoms. The topological polar surface area (TPSA) is 35.5 Å². The van der Waals surface area contributed by atoms with Gasteiger partial charge in [-0.3, -0.25) is 4.79 Å². The number of hydrogen-bond acceptors (Lipinski definition) is 3. The number of methoxy groups -OCH3 is 2. The molecule has 28 heavy (non-hydrogen) atoms. The second kappa shape index (κ2) is 7.37. The summed E-state index contributed by atoms with van der Waals surface area (Å²) in [7, 11) is 2.25. The van der Waals surface area contributed by atoms with Crippen molar-refractivity contribution in [3.63, 3.8) is 0 Å². The number of hydrogen-bond donors (Lipinski definition) is 0. The van der Waals surface area contributed by atoms with Crippen LogP contribution in [0.1, 0.15) is 38.2 Å². The first-order valence-electron chi connectivity index (χ1n) is 7.87. The molecule has 2 aromatic rings. The third-order valence-electron chi connectivity index (χ3n) is 4.33. The van der Waals surface area contributed by atoms with Crippen LogP contribution in [0.4, 0.5) is 26.3 Å². The average Bonchev–Trinajstić information content (AvgIpc) is 2.59. The minimum Gasteiger partial charge on any atom is -0.497 e. The first-order valence-corrected chi connectivity index (χ1v) is 7.87. The Bertz CT molecular complexity index is 840. The molecule has 0 amide bonds. The van der Waals surface area contributed by atoms with Gasteiger partial charge in [-0.1, -0.05) is 0 Å². The summed E-state index contributed by atoms with van der Waals surface area (Å²) in [5, 5.41) is 0. The zero-order valence-electron chi connectivity index (χ0n) is 15.3. The molecule has 0 heterocycles. The molecule has 2 aromatic carbocycles. The molecule has 0 fully saturated rings. The van der Waals surface area contributed by atoms with E-state index in [1.165, 1.54) is 0 Å². The number of halogens is 6. The van der Waals surface area contributed by atoms with Crippen molar-refractivity contribution in [2.45, 2.75) is 26.2 Å². The van der Waals surface area contributed by atoms with E-state index in [0.717, 1.165) is 52.3 Å². The summed E-state index contributed by atoms with van der Waals surface area (Å²) in [6.45, 7) is 2.16. The quantitative estimate of drug-likeness (QED) is 0.491. The Morgan fingerprint density at radius 2 is 1.04 bits per heavy atom. The van der Waals surface area contributed by atoms with Gasteiger partial charge in [0.2, 0.25) is 0 Å². The van der Waals surface area contributed by atoms with Crippen molar-refractivity contribution in [1.29, 1.82) is 0 Å². The lowest BCUT2D eigenvalue weighted by atomic mass is 9.91. The standard InChI is InChI=1S/C19H16F6O3/c1-9-13(5-11(27-3)7-15(9)18(20,21)22)17(26)14-6-12(28-4)8-16(10(14)2)19(23,24)25/h5-8H,1-4H3. The maximum absolute atomic E-state index is 13.3. The largest absolute Gasteiger partial charge is 0.497 e. The highest BCUT2D eigenvalue weighted by molar-refractivity contribution is 6.11. The van der Waals surface area contributed by atoms with Crippen LogP contribution in [0.3, 0.4) is 0 Å². The van der Waals surface area contributed by atoms with E-state index in [1.54, 1.807) is 0 Å². The minimum absolute atomic E-state index is 0.238. The van der Waals surface area contributed by atoms with Crippen molar-refractivity contribution in [2.75, 3.05) is 14.2 Å². The number of ether oxygens (including phenoxy) is 2. The highest BCUT2D eigenvalue weighted by Gasteiger charge is 2.37. The smallest absolute Gasteiger partial charge is 0.416 e. The number of carbonyl (C=O) groups excluding carboxylic acids is 1. The summed E-state index contributed by atoms with van der Waals surface area (Å²) in [6.07, 6.45) is -9.54. The van der Waals surface area contributed by atoms with Crippen molar-refractivity contribution in [2.24, 2.45) is 0 Å². The van der Waals surface area contributed by atoms with E-state index in [0.29, 0.717) is 0 Å². The van der Waals surface area contributed by atoms with Crippen molar-refractivity contribution >= 4 is 5.78 Å². The summed E-state index contributed by atoms with van der Waals surface area (Å²) >= 11 is 0. The number of alkyl halides is 6. The highest BCUT2D eigenvalue weighted by Crippen LogP contribution is 2.39. The molecular formula is C19H16F6O3. The number of benzene rings is 2. The Morgan fingerprint density at radius 1 is 0.714 bits per heavy atom. The lowest BCUT2D eigenvalue weighted by Crippen LogP contribution is -2.16. The average molecular weight is 406 g/mol. The van der Waals surface area contributed by atoms with Crippen LogP contribution in [0.5, 0.6) is 11.5 Å². The van der Waals surface area contributed by atoms with Crippen molar-refractivity contribution in [3.8, 4) is 11.5 Å². The first-order chi connectivity index (χ1) is 12.8. The highest BCUT2D eigenvalue weighted by atomic mass is 19.4. The van der Waals surface area contributed by atoms with Gasteiger partial charge in [-0.2, -0.15) is 26.3 Å². The van der Waals surface area contributed by atoms with Gasteiger partial charge < -0.3 is 9.47 Å². The Labute approximate surface area is 156 Å². The summed E-state index contributed by atoms with van der Waals surface area (Å²) in [4.78, 5) is 12.9. The van der Waals surface area contributed by atoms with Crippen LogP contribution >= 0.6 is 0 Å². The van der Waals surface area contributed by atoms with E-state index in [9.17, 15) is 31.1 Å². The number of rotatable bonds is 4. The number of carbonyl (C=O) groups is 1. The number of ketones is 1. The molecule has 0 aliphatic carbocycles. The van der Waals surface area contributed by atoms with Crippen LogP contribution in [0.2, 0.25) is 0 Å². The molecule has 0 aliphatic heterocycles. The fraction of sp³-hybridized carbons (Fsp3) is 0.316. The van der Waals surface area contributed by atoms with E-state index < -0.39 is 51.5 Å². The summed E-state index contributed by atoms with van der Waals surface area (Å²) in [6, 6.07) is 3.59. The molecule has 2 rings (SSSR count). The predicted octanol–water partition coefficient (Wildman–Crippen LogP) is 5.59. The van der Waals surface area contributed by atoms with Crippen molar-refractivity contribution in [1.82, 2.24) is 0 Å². The summed E-state index contributed by atoms with van der Waals surface area (Å²) in [5.41, 5.74) is -3.84. The van der Waals surface area contributed by atoms with Crippen LogP contribution in [0.15, 0.2) is 24.3 Å². The lowest BCUT2D eigenvalue weighted by molar-refractivity contribution is -0.138. The third-order valence-corrected chi connectivity index (χ3v) is 4.33. The van der Waals surface area contributed by atoms with E-state index >= 15 is 0 Å². The van der Waals surface area contributed by atoms with E-state index in [-0.39, 0.29) is 11.5 Å². The monoisotopic (exact) mass is 406 g/mol. The van der Waals surface area contributed by atoms with Crippen LogP contribution in [-0.2, 0) is 12.4 Å². The van der Waals surface area contributed by atoms with Crippen LogP contribution in [0, 0.1) is 13.8 Å². The molecule has 0 atom stereocenters. The molecule has 152 valence electrons. The van der Waals surface area contributed by atoms with Gasteiger partial charge in [-0.25, -0.2) is 0 Å². The van der Waals surface area contributed by atoms with E-state index in [1.807, 2.05) is 0 Å². The van der Waals surface area contributed by atoms with Gasteiger partial charge in [0.1, 0.15) is 11.5 Å². The van der Waals surface area contributed by atoms with Gasteiger partial charge >= 0.3 is 12.4 Å². The Balaban J connectivity index is 2.77. The second-order valence-electron chi connectivity index (χ2n) is 6.02. The van der Waals surface area contributed by atoms with Crippen molar-refractivity contribution < 1.29 is 40.6 Å². The molecule has 0 unspecified atom stereocenters. The van der Waals surface area contributed by atoms with Crippen LogP contribution in [-0.4, -0.2) is 20.0 Å². The zero-order valence-corrected chi connectivity index (χ0v) is 15.3. The second-order valence-corrected chi connectivity index (χ2v) is 6.02.